The fourth-order valence-electron chi connectivity index (χ4n) is 2.41. The highest BCUT2D eigenvalue weighted by atomic mass is 32.2. The first-order valence-electron chi connectivity index (χ1n) is 8.29. The normalized spacial score (nSPS) is 10.3. The van der Waals surface area contributed by atoms with Crippen LogP contribution in [-0.2, 0) is 0 Å². The van der Waals surface area contributed by atoms with Crippen LogP contribution in [0.3, 0.4) is 0 Å². The molecule has 3 aromatic rings. The molecule has 0 heterocycles. The summed E-state index contributed by atoms with van der Waals surface area (Å²) in [5.41, 5.74) is 2.77. The zero-order valence-corrected chi connectivity index (χ0v) is 15.8. The number of carbonyl (C=O) groups is 1. The van der Waals surface area contributed by atoms with E-state index in [0.29, 0.717) is 16.8 Å². The minimum absolute atomic E-state index is 0.232. The number of benzene rings is 3. The van der Waals surface area contributed by atoms with E-state index in [1.807, 2.05) is 36.4 Å². The van der Waals surface area contributed by atoms with Gasteiger partial charge >= 0.3 is 0 Å². The standard InChI is InChI=1S/C21H19FN2O2S/c1-14-13-16(22)5-12-20(14)23-21(25)15-3-10-19(11-4-15)27-24-17-6-8-18(26-2)9-7-17/h3-13,24H,1-2H3,(H,23,25). The van der Waals surface area contributed by atoms with Crippen molar-refractivity contribution in [2.45, 2.75) is 11.8 Å². The van der Waals surface area contributed by atoms with Crippen molar-refractivity contribution in [1.29, 1.82) is 0 Å². The molecule has 0 atom stereocenters. The highest BCUT2D eigenvalue weighted by molar-refractivity contribution is 8.00. The maximum absolute atomic E-state index is 13.2. The number of nitrogens with one attached hydrogen (secondary N) is 2. The van der Waals surface area contributed by atoms with E-state index in [0.717, 1.165) is 16.3 Å². The van der Waals surface area contributed by atoms with Crippen molar-refractivity contribution in [3.8, 4) is 5.75 Å². The van der Waals surface area contributed by atoms with Gasteiger partial charge in [0.1, 0.15) is 11.6 Å². The van der Waals surface area contributed by atoms with Gasteiger partial charge in [0.05, 0.1) is 7.11 Å². The molecule has 3 rings (SSSR count). The first-order valence-corrected chi connectivity index (χ1v) is 9.11. The first-order chi connectivity index (χ1) is 13.0. The Labute approximate surface area is 161 Å². The number of hydrogen-bond acceptors (Lipinski definition) is 4. The molecular formula is C21H19FN2O2S. The van der Waals surface area contributed by atoms with Crippen LogP contribution >= 0.6 is 11.9 Å². The Morgan fingerprint density at radius 2 is 1.70 bits per heavy atom. The van der Waals surface area contributed by atoms with E-state index < -0.39 is 0 Å². The van der Waals surface area contributed by atoms with E-state index in [-0.39, 0.29) is 11.7 Å². The Bertz CT molecular complexity index is 928. The fraction of sp³-hybridized carbons (Fsp3) is 0.0952. The second-order valence-corrected chi connectivity index (χ2v) is 6.75. The fourth-order valence-corrected chi connectivity index (χ4v) is 3.06. The molecule has 0 aromatic heterocycles. The minimum atomic E-state index is -0.323. The minimum Gasteiger partial charge on any atom is -0.497 e. The third kappa shape index (κ3) is 5.01. The number of anilines is 2. The Kier molecular flexibility index (Phi) is 5.98. The van der Waals surface area contributed by atoms with Crippen molar-refractivity contribution in [2.75, 3.05) is 17.1 Å². The second kappa shape index (κ2) is 8.60. The van der Waals surface area contributed by atoms with Gasteiger partial charge in [-0.25, -0.2) is 4.39 Å². The van der Waals surface area contributed by atoms with Gasteiger partial charge in [-0.05, 0) is 91.2 Å². The summed E-state index contributed by atoms with van der Waals surface area (Å²) >= 11 is 1.45. The number of aryl methyl sites for hydroxylation is 1. The third-order valence-electron chi connectivity index (χ3n) is 3.93. The first kappa shape index (κ1) is 18.8. The Balaban J connectivity index is 1.59. The molecule has 0 aliphatic rings. The molecule has 0 saturated heterocycles. The van der Waals surface area contributed by atoms with Crippen LogP contribution in [0.25, 0.3) is 0 Å². The van der Waals surface area contributed by atoms with Gasteiger partial charge in [0.2, 0.25) is 0 Å². The van der Waals surface area contributed by atoms with Crippen molar-refractivity contribution in [2.24, 2.45) is 0 Å². The number of carbonyl (C=O) groups excluding carboxylic acids is 1. The summed E-state index contributed by atoms with van der Waals surface area (Å²) in [7, 11) is 1.63. The van der Waals surface area contributed by atoms with E-state index in [2.05, 4.69) is 10.0 Å². The third-order valence-corrected chi connectivity index (χ3v) is 4.78. The number of amides is 1. The van der Waals surface area contributed by atoms with Gasteiger partial charge in [-0.1, -0.05) is 0 Å². The van der Waals surface area contributed by atoms with Crippen LogP contribution in [-0.4, -0.2) is 13.0 Å². The Hall–Kier alpha value is -2.99. The van der Waals surface area contributed by atoms with Gasteiger partial charge in [0.25, 0.3) is 5.91 Å². The van der Waals surface area contributed by atoms with Crippen molar-refractivity contribution >= 4 is 29.2 Å². The summed E-state index contributed by atoms with van der Waals surface area (Å²) in [5, 5.41) is 2.80. The van der Waals surface area contributed by atoms with Crippen LogP contribution in [0.2, 0.25) is 0 Å². The zero-order chi connectivity index (χ0) is 19.2. The molecule has 0 unspecified atom stereocenters. The molecule has 4 nitrogen and oxygen atoms in total. The lowest BCUT2D eigenvalue weighted by molar-refractivity contribution is 0.102. The lowest BCUT2D eigenvalue weighted by Gasteiger charge is -2.09. The lowest BCUT2D eigenvalue weighted by Crippen LogP contribution is -2.12. The van der Waals surface area contributed by atoms with E-state index >= 15 is 0 Å². The van der Waals surface area contributed by atoms with Gasteiger partial charge in [-0.2, -0.15) is 0 Å². The summed E-state index contributed by atoms with van der Waals surface area (Å²) < 4.78 is 21.5. The highest BCUT2D eigenvalue weighted by Crippen LogP contribution is 2.24. The van der Waals surface area contributed by atoms with E-state index in [1.165, 1.54) is 24.1 Å². The van der Waals surface area contributed by atoms with Crippen molar-refractivity contribution in [3.63, 3.8) is 0 Å². The molecule has 138 valence electrons. The number of rotatable bonds is 6. The number of ether oxygens (including phenoxy) is 1. The maximum Gasteiger partial charge on any atom is 0.255 e. The topological polar surface area (TPSA) is 50.4 Å². The summed E-state index contributed by atoms with van der Waals surface area (Å²) in [4.78, 5) is 13.3. The zero-order valence-electron chi connectivity index (χ0n) is 15.0. The molecule has 0 fully saturated rings. The molecule has 6 heteroatoms. The molecule has 27 heavy (non-hydrogen) atoms. The molecule has 0 saturated carbocycles. The molecule has 0 radical (unpaired) electrons. The SMILES string of the molecule is COc1ccc(NSc2ccc(C(=O)Nc3ccc(F)cc3C)cc2)cc1. The molecule has 2 N–H and O–H groups in total. The molecule has 0 aliphatic carbocycles. The van der Waals surface area contributed by atoms with Crippen LogP contribution in [0.5, 0.6) is 5.75 Å². The summed E-state index contributed by atoms with van der Waals surface area (Å²) in [6, 6.07) is 19.2. The van der Waals surface area contributed by atoms with Crippen molar-refractivity contribution in [1.82, 2.24) is 0 Å². The van der Waals surface area contributed by atoms with Gasteiger partial charge in [-0.15, -0.1) is 0 Å². The monoisotopic (exact) mass is 382 g/mol. The summed E-state index contributed by atoms with van der Waals surface area (Å²) in [6.45, 7) is 1.75. The lowest BCUT2D eigenvalue weighted by atomic mass is 10.1. The molecule has 0 bridgehead atoms. The van der Waals surface area contributed by atoms with E-state index in [9.17, 15) is 9.18 Å². The van der Waals surface area contributed by atoms with Crippen LogP contribution in [0, 0.1) is 12.7 Å². The average Bonchev–Trinajstić information content (AvgIpc) is 2.69. The predicted octanol–water partition coefficient (Wildman–Crippen LogP) is 5.51. The van der Waals surface area contributed by atoms with E-state index in [4.69, 9.17) is 4.74 Å². The van der Waals surface area contributed by atoms with Crippen LogP contribution in [0.4, 0.5) is 15.8 Å². The number of halogens is 1. The predicted molar refractivity (Wildman–Crippen MR) is 108 cm³/mol. The highest BCUT2D eigenvalue weighted by Gasteiger charge is 2.08. The molecule has 0 spiro atoms. The molecule has 0 aliphatic heterocycles. The maximum atomic E-state index is 13.2. The van der Waals surface area contributed by atoms with Gasteiger partial charge in [0, 0.05) is 21.8 Å². The molecule has 3 aromatic carbocycles. The molecular weight excluding hydrogens is 363 g/mol. The quantitative estimate of drug-likeness (QED) is 0.552. The second-order valence-electron chi connectivity index (χ2n) is 5.87. The smallest absolute Gasteiger partial charge is 0.255 e. The molecule has 1 amide bonds. The van der Waals surface area contributed by atoms with Crippen molar-refractivity contribution < 1.29 is 13.9 Å². The largest absolute Gasteiger partial charge is 0.497 e. The number of methoxy groups -OCH3 is 1. The van der Waals surface area contributed by atoms with Crippen LogP contribution in [0.1, 0.15) is 15.9 Å². The van der Waals surface area contributed by atoms with E-state index in [1.54, 1.807) is 32.2 Å². The summed E-state index contributed by atoms with van der Waals surface area (Å²) in [6.07, 6.45) is 0. The van der Waals surface area contributed by atoms with Gasteiger partial charge in [-0.3, -0.25) is 4.79 Å². The van der Waals surface area contributed by atoms with Crippen molar-refractivity contribution in [3.05, 3.63) is 83.7 Å². The van der Waals surface area contributed by atoms with Crippen LogP contribution < -0.4 is 14.8 Å². The van der Waals surface area contributed by atoms with Crippen LogP contribution in [0.15, 0.2) is 71.6 Å². The number of hydrogen-bond donors (Lipinski definition) is 2. The van der Waals surface area contributed by atoms with Gasteiger partial charge in [0.15, 0.2) is 0 Å². The Morgan fingerprint density at radius 1 is 1.00 bits per heavy atom. The average molecular weight is 382 g/mol. The summed E-state index contributed by atoms with van der Waals surface area (Å²) in [5.74, 6) is 0.248. The Morgan fingerprint density at radius 3 is 2.33 bits per heavy atom. The van der Waals surface area contributed by atoms with Gasteiger partial charge < -0.3 is 14.8 Å².